The van der Waals surface area contributed by atoms with Gasteiger partial charge in [0.25, 0.3) is 0 Å². The summed E-state index contributed by atoms with van der Waals surface area (Å²) in [6.45, 7) is 2.38. The molecule has 258 valence electrons. The molecule has 1 heterocycles. The lowest BCUT2D eigenvalue weighted by atomic mass is 10.0. The molecule has 3 aromatic rings. The maximum absolute atomic E-state index is 13.9. The predicted octanol–water partition coefficient (Wildman–Crippen LogP) is -1.27. The minimum Gasteiger partial charge on any atom is -0.394 e. The first-order valence-electron chi connectivity index (χ1n) is 15.8. The van der Waals surface area contributed by atoms with Gasteiger partial charge in [-0.05, 0) is 36.3 Å². The van der Waals surface area contributed by atoms with Crippen LogP contribution in [0.25, 0.3) is 0 Å². The summed E-state index contributed by atoms with van der Waals surface area (Å²) in [5.74, 6) is -3.62. The second-order valence-electron chi connectivity index (χ2n) is 11.8. The summed E-state index contributed by atoms with van der Waals surface area (Å²) in [7, 11) is 0. The van der Waals surface area contributed by atoms with Gasteiger partial charge in [-0.1, -0.05) is 79.7 Å². The zero-order valence-corrected chi connectivity index (χ0v) is 27.2. The van der Waals surface area contributed by atoms with Crippen LogP contribution < -0.4 is 32.7 Å². The Balaban J connectivity index is 1.85. The number of benzene rings is 2. The van der Waals surface area contributed by atoms with E-state index in [2.05, 4.69) is 31.6 Å². The molecule has 2 aromatic carbocycles. The van der Waals surface area contributed by atoms with Gasteiger partial charge in [-0.3, -0.25) is 24.0 Å². The van der Waals surface area contributed by atoms with E-state index in [4.69, 9.17) is 11.5 Å². The Labute approximate surface area is 279 Å². The highest BCUT2D eigenvalue weighted by molar-refractivity contribution is 5.95. The molecule has 4 atom stereocenters. The van der Waals surface area contributed by atoms with E-state index < -0.39 is 66.9 Å². The number of amides is 5. The van der Waals surface area contributed by atoms with Gasteiger partial charge < -0.3 is 37.8 Å². The van der Waals surface area contributed by atoms with Crippen LogP contribution in [-0.2, 0) is 49.8 Å². The molecule has 0 saturated heterocycles. The normalized spacial score (nSPS) is 13.5. The molecule has 15 nitrogen and oxygen atoms in total. The SMILES string of the molecule is CC(C)C[C@H](NC(=O)[C@H](Cc1ccccc1)NC(=O)[C@H](Cn1cc(CCc2ccccc2)nn1)NC(=O)[C@H](CO)NC(=O)CN)C(N)=O. The summed E-state index contributed by atoms with van der Waals surface area (Å²) in [5.41, 5.74) is 13.4. The van der Waals surface area contributed by atoms with Crippen molar-refractivity contribution in [3.05, 3.63) is 83.7 Å². The smallest absolute Gasteiger partial charge is 0.245 e. The van der Waals surface area contributed by atoms with Crippen molar-refractivity contribution >= 4 is 29.5 Å². The lowest BCUT2D eigenvalue weighted by molar-refractivity contribution is -0.135. The Morgan fingerprint density at radius 2 is 1.33 bits per heavy atom. The molecule has 0 aliphatic rings. The van der Waals surface area contributed by atoms with Crippen LogP contribution >= 0.6 is 0 Å². The van der Waals surface area contributed by atoms with Crippen LogP contribution in [0.3, 0.4) is 0 Å². The van der Waals surface area contributed by atoms with Crippen molar-refractivity contribution in [2.24, 2.45) is 17.4 Å². The molecule has 0 aliphatic carbocycles. The fourth-order valence-electron chi connectivity index (χ4n) is 4.88. The molecule has 0 spiro atoms. The third kappa shape index (κ3) is 12.2. The molecule has 5 amide bonds. The largest absolute Gasteiger partial charge is 0.394 e. The topological polar surface area (TPSA) is 236 Å². The average Bonchev–Trinajstić information content (AvgIpc) is 3.52. The lowest BCUT2D eigenvalue weighted by Gasteiger charge is -2.26. The number of hydrogen-bond donors (Lipinski definition) is 7. The molecule has 15 heteroatoms. The van der Waals surface area contributed by atoms with Crippen molar-refractivity contribution in [1.82, 2.24) is 36.3 Å². The molecule has 48 heavy (non-hydrogen) atoms. The van der Waals surface area contributed by atoms with Gasteiger partial charge >= 0.3 is 0 Å². The number of nitrogens with two attached hydrogens (primary N) is 2. The van der Waals surface area contributed by atoms with E-state index >= 15 is 0 Å². The highest BCUT2D eigenvalue weighted by Crippen LogP contribution is 2.09. The monoisotopic (exact) mass is 663 g/mol. The number of primary amides is 1. The van der Waals surface area contributed by atoms with E-state index in [9.17, 15) is 29.1 Å². The summed E-state index contributed by atoms with van der Waals surface area (Å²) >= 11 is 0. The number of hydrogen-bond acceptors (Lipinski definition) is 9. The van der Waals surface area contributed by atoms with Gasteiger partial charge in [0.2, 0.25) is 29.5 Å². The molecule has 1 aromatic heterocycles. The van der Waals surface area contributed by atoms with Crippen LogP contribution in [0.15, 0.2) is 66.9 Å². The first-order chi connectivity index (χ1) is 23.0. The Hall–Kier alpha value is -5.15. The summed E-state index contributed by atoms with van der Waals surface area (Å²) in [6, 6.07) is 13.9. The molecule has 9 N–H and O–H groups in total. The van der Waals surface area contributed by atoms with Gasteiger partial charge in [-0.15, -0.1) is 5.10 Å². The van der Waals surface area contributed by atoms with Crippen molar-refractivity contribution in [2.45, 2.75) is 70.2 Å². The minimum atomic E-state index is -1.40. The third-order valence-corrected chi connectivity index (χ3v) is 7.40. The van der Waals surface area contributed by atoms with Crippen molar-refractivity contribution in [1.29, 1.82) is 0 Å². The van der Waals surface area contributed by atoms with Crippen LogP contribution in [-0.4, -0.2) is 87.0 Å². The zero-order chi connectivity index (χ0) is 35.1. The molecule has 0 saturated carbocycles. The fraction of sp³-hybridized carbons (Fsp3) is 0.424. The number of nitrogens with one attached hydrogen (secondary N) is 4. The maximum Gasteiger partial charge on any atom is 0.245 e. The Bertz CT molecular complexity index is 1500. The van der Waals surface area contributed by atoms with E-state index in [1.165, 1.54) is 4.68 Å². The number of aliphatic hydroxyl groups excluding tert-OH is 1. The predicted molar refractivity (Wildman–Crippen MR) is 177 cm³/mol. The number of carbonyl (C=O) groups is 5. The standard InChI is InChI=1S/C33H45N9O6/c1-21(2)15-25(30(35)45)37-31(46)26(16-23-11-7-4-8-12-23)38-32(47)27(39-33(48)28(20-43)36-29(44)17-34)19-42-18-24(40-41-42)14-13-22-9-5-3-6-10-22/h3-12,18,21,25-28,43H,13-17,19-20,34H2,1-2H3,(H2,35,45)(H,36,44)(H,37,46)(H,38,47)(H,39,48)/t25-,26-,27-,28-/m0/s1. The maximum atomic E-state index is 13.9. The van der Waals surface area contributed by atoms with Crippen molar-refractivity contribution < 1.29 is 29.1 Å². The first kappa shape index (κ1) is 37.3. The van der Waals surface area contributed by atoms with Gasteiger partial charge in [-0.25, -0.2) is 4.68 Å². The highest BCUT2D eigenvalue weighted by atomic mass is 16.3. The summed E-state index contributed by atoms with van der Waals surface area (Å²) in [4.78, 5) is 64.5. The highest BCUT2D eigenvalue weighted by Gasteiger charge is 2.32. The van der Waals surface area contributed by atoms with Crippen LogP contribution in [0.5, 0.6) is 0 Å². The lowest BCUT2D eigenvalue weighted by Crippen LogP contribution is -2.60. The van der Waals surface area contributed by atoms with E-state index in [0.29, 0.717) is 25.0 Å². The summed E-state index contributed by atoms with van der Waals surface area (Å²) in [5, 5.41) is 28.3. The number of aromatic nitrogens is 3. The molecule has 0 bridgehead atoms. The van der Waals surface area contributed by atoms with Gasteiger partial charge in [0.1, 0.15) is 24.2 Å². The second kappa shape index (κ2) is 18.9. The molecule has 0 unspecified atom stereocenters. The summed E-state index contributed by atoms with van der Waals surface area (Å²) in [6.07, 6.45) is 3.28. The number of aryl methyl sites for hydroxylation is 2. The minimum absolute atomic E-state index is 0.0454. The van der Waals surface area contributed by atoms with E-state index in [1.54, 1.807) is 30.5 Å². The second-order valence-corrected chi connectivity index (χ2v) is 11.8. The van der Waals surface area contributed by atoms with Crippen molar-refractivity contribution in [3.63, 3.8) is 0 Å². The van der Waals surface area contributed by atoms with Gasteiger partial charge in [0.05, 0.1) is 25.4 Å². The van der Waals surface area contributed by atoms with Crippen molar-refractivity contribution in [3.8, 4) is 0 Å². The van der Waals surface area contributed by atoms with Crippen LogP contribution in [0.2, 0.25) is 0 Å². The zero-order valence-electron chi connectivity index (χ0n) is 27.2. The Morgan fingerprint density at radius 1 is 0.771 bits per heavy atom. The fourth-order valence-corrected chi connectivity index (χ4v) is 4.88. The number of carbonyl (C=O) groups excluding carboxylic acids is 5. The van der Waals surface area contributed by atoms with Gasteiger partial charge in [0.15, 0.2) is 0 Å². The number of aliphatic hydroxyl groups is 1. The van der Waals surface area contributed by atoms with Crippen LogP contribution in [0.1, 0.15) is 37.1 Å². The molecular weight excluding hydrogens is 618 g/mol. The van der Waals surface area contributed by atoms with Gasteiger partial charge in [-0.2, -0.15) is 0 Å². The number of nitrogens with zero attached hydrogens (tertiary/aromatic N) is 3. The summed E-state index contributed by atoms with van der Waals surface area (Å²) < 4.78 is 1.38. The van der Waals surface area contributed by atoms with Gasteiger partial charge in [0, 0.05) is 12.6 Å². The molecule has 0 radical (unpaired) electrons. The third-order valence-electron chi connectivity index (χ3n) is 7.40. The van der Waals surface area contributed by atoms with Crippen LogP contribution in [0.4, 0.5) is 0 Å². The quantitative estimate of drug-likeness (QED) is 0.0808. The Kier molecular flexibility index (Phi) is 14.7. The average molecular weight is 664 g/mol. The Morgan fingerprint density at radius 3 is 1.92 bits per heavy atom. The molecule has 0 aliphatic heterocycles. The molecular formula is C33H45N9O6. The molecule has 3 rings (SSSR count). The van der Waals surface area contributed by atoms with E-state index in [0.717, 1.165) is 11.1 Å². The van der Waals surface area contributed by atoms with Crippen LogP contribution in [0, 0.1) is 5.92 Å². The first-order valence-corrected chi connectivity index (χ1v) is 15.8. The van der Waals surface area contributed by atoms with Crippen molar-refractivity contribution in [2.75, 3.05) is 13.2 Å². The van der Waals surface area contributed by atoms with E-state index in [-0.39, 0.29) is 18.9 Å². The van der Waals surface area contributed by atoms with E-state index in [1.807, 2.05) is 50.2 Å². The molecule has 0 fully saturated rings. The number of rotatable bonds is 19.